The number of sulfonamides is 1. The highest BCUT2D eigenvalue weighted by Gasteiger charge is 2.29. The Morgan fingerprint density at radius 1 is 1.04 bits per heavy atom. The lowest BCUT2D eigenvalue weighted by Crippen LogP contribution is -2.36. The molecule has 3 rings (SSSR count). The van der Waals surface area contributed by atoms with Crippen molar-refractivity contribution >= 4 is 44.8 Å². The number of anilines is 1. The van der Waals surface area contributed by atoms with Gasteiger partial charge in [-0.2, -0.15) is 4.31 Å². The van der Waals surface area contributed by atoms with E-state index in [-0.39, 0.29) is 10.6 Å². The van der Waals surface area contributed by atoms with E-state index < -0.39 is 26.6 Å². The monoisotopic (exact) mass is 430 g/mol. The van der Waals surface area contributed by atoms with E-state index in [9.17, 15) is 17.6 Å². The quantitative estimate of drug-likeness (QED) is 0.772. The average Bonchev–Trinajstić information content (AvgIpc) is 2.65. The molecule has 2 aromatic carbocycles. The van der Waals surface area contributed by atoms with Gasteiger partial charge in [0.1, 0.15) is 10.7 Å². The Labute approximate surface area is 167 Å². The van der Waals surface area contributed by atoms with Gasteiger partial charge in [-0.25, -0.2) is 12.8 Å². The first-order valence-corrected chi connectivity index (χ1v) is 10.5. The zero-order chi connectivity index (χ0) is 19.6. The predicted molar refractivity (Wildman–Crippen MR) is 103 cm³/mol. The van der Waals surface area contributed by atoms with Crippen molar-refractivity contribution in [2.45, 2.75) is 24.2 Å². The molecule has 1 heterocycles. The number of carbonyl (C=O) groups is 1. The summed E-state index contributed by atoms with van der Waals surface area (Å²) in [6.45, 7) is 0.692. The van der Waals surface area contributed by atoms with Crippen molar-refractivity contribution < 1.29 is 17.6 Å². The molecule has 1 aliphatic heterocycles. The lowest BCUT2D eigenvalue weighted by Gasteiger charge is -2.26. The number of hydrogen-bond donors (Lipinski definition) is 1. The molecule has 144 valence electrons. The SMILES string of the molecule is O=C(Nc1ccc(Cl)cc1Cl)c1ccc(F)c(S(=O)(=O)N2CCCCC2)c1. The van der Waals surface area contributed by atoms with E-state index in [1.807, 2.05) is 0 Å². The van der Waals surface area contributed by atoms with Crippen molar-refractivity contribution in [3.63, 3.8) is 0 Å². The molecule has 1 N–H and O–H groups in total. The van der Waals surface area contributed by atoms with Gasteiger partial charge in [-0.15, -0.1) is 0 Å². The lowest BCUT2D eigenvalue weighted by molar-refractivity contribution is 0.102. The second kappa shape index (κ2) is 8.14. The van der Waals surface area contributed by atoms with E-state index in [4.69, 9.17) is 23.2 Å². The van der Waals surface area contributed by atoms with Gasteiger partial charge < -0.3 is 5.32 Å². The summed E-state index contributed by atoms with van der Waals surface area (Å²) in [5, 5.41) is 3.22. The van der Waals surface area contributed by atoms with Gasteiger partial charge in [0.2, 0.25) is 10.0 Å². The van der Waals surface area contributed by atoms with Crippen LogP contribution in [0.3, 0.4) is 0 Å². The Hall–Kier alpha value is -1.67. The van der Waals surface area contributed by atoms with Crippen molar-refractivity contribution in [3.8, 4) is 0 Å². The molecular formula is C18H17Cl2FN2O3S. The van der Waals surface area contributed by atoms with Gasteiger partial charge in [0.05, 0.1) is 10.7 Å². The molecule has 0 radical (unpaired) electrons. The normalized spacial score (nSPS) is 15.5. The molecule has 0 atom stereocenters. The van der Waals surface area contributed by atoms with Crippen LogP contribution in [0, 0.1) is 5.82 Å². The molecule has 1 fully saturated rings. The third-order valence-electron chi connectivity index (χ3n) is 4.31. The minimum absolute atomic E-state index is 0.0120. The molecule has 1 aliphatic rings. The largest absolute Gasteiger partial charge is 0.321 e. The summed E-state index contributed by atoms with van der Waals surface area (Å²) in [5.74, 6) is -1.49. The first kappa shape index (κ1) is 20.1. The minimum Gasteiger partial charge on any atom is -0.321 e. The van der Waals surface area contributed by atoms with Crippen molar-refractivity contribution in [1.29, 1.82) is 0 Å². The number of rotatable bonds is 4. The maximum absolute atomic E-state index is 14.2. The molecule has 9 heteroatoms. The zero-order valence-electron chi connectivity index (χ0n) is 14.2. The van der Waals surface area contributed by atoms with E-state index in [1.54, 1.807) is 6.07 Å². The van der Waals surface area contributed by atoms with Crippen LogP contribution >= 0.6 is 23.2 Å². The number of piperidine rings is 1. The Morgan fingerprint density at radius 3 is 2.41 bits per heavy atom. The predicted octanol–water partition coefficient (Wildman–Crippen LogP) is 4.56. The van der Waals surface area contributed by atoms with E-state index >= 15 is 0 Å². The van der Waals surface area contributed by atoms with Crippen molar-refractivity contribution in [3.05, 3.63) is 57.8 Å². The van der Waals surface area contributed by atoms with E-state index in [2.05, 4.69) is 5.32 Å². The van der Waals surface area contributed by atoms with Crippen LogP contribution in [0.5, 0.6) is 0 Å². The van der Waals surface area contributed by atoms with E-state index in [0.717, 1.165) is 31.4 Å². The van der Waals surface area contributed by atoms with Crippen LogP contribution in [0.1, 0.15) is 29.6 Å². The van der Waals surface area contributed by atoms with Gasteiger partial charge >= 0.3 is 0 Å². The molecule has 5 nitrogen and oxygen atoms in total. The van der Waals surface area contributed by atoms with Gasteiger partial charge in [0.15, 0.2) is 0 Å². The Kier molecular flexibility index (Phi) is 6.05. The number of nitrogens with zero attached hydrogens (tertiary/aromatic N) is 1. The molecule has 0 spiro atoms. The molecule has 0 unspecified atom stereocenters. The van der Waals surface area contributed by atoms with Crippen LogP contribution < -0.4 is 5.32 Å². The number of amides is 1. The molecule has 0 saturated carbocycles. The van der Waals surface area contributed by atoms with Crippen molar-refractivity contribution in [2.24, 2.45) is 0 Å². The fourth-order valence-corrected chi connectivity index (χ4v) is 4.94. The third kappa shape index (κ3) is 4.43. The highest BCUT2D eigenvalue weighted by Crippen LogP contribution is 2.27. The summed E-state index contributed by atoms with van der Waals surface area (Å²) in [6, 6.07) is 7.81. The van der Waals surface area contributed by atoms with Gasteiger partial charge in [-0.1, -0.05) is 29.6 Å². The Balaban J connectivity index is 1.89. The number of hydrogen-bond acceptors (Lipinski definition) is 3. The maximum atomic E-state index is 14.2. The van der Waals surface area contributed by atoms with Gasteiger partial charge in [-0.05, 0) is 49.2 Å². The third-order valence-corrected chi connectivity index (χ3v) is 6.77. The molecule has 0 bridgehead atoms. The summed E-state index contributed by atoms with van der Waals surface area (Å²) < 4.78 is 41.0. The topological polar surface area (TPSA) is 66.5 Å². The van der Waals surface area contributed by atoms with Gasteiger partial charge in [0.25, 0.3) is 5.91 Å². The Bertz CT molecular complexity index is 977. The Morgan fingerprint density at radius 2 is 1.74 bits per heavy atom. The van der Waals surface area contributed by atoms with Crippen LogP contribution in [0.25, 0.3) is 0 Å². The molecule has 2 aromatic rings. The second-order valence-corrected chi connectivity index (χ2v) is 8.94. The van der Waals surface area contributed by atoms with Crippen LogP contribution in [0.15, 0.2) is 41.3 Å². The van der Waals surface area contributed by atoms with Crippen LogP contribution in [0.2, 0.25) is 10.0 Å². The molecule has 1 saturated heterocycles. The second-order valence-electron chi connectivity index (χ2n) is 6.19. The fraction of sp³-hybridized carbons (Fsp3) is 0.278. The van der Waals surface area contributed by atoms with Crippen LogP contribution in [0.4, 0.5) is 10.1 Å². The first-order chi connectivity index (χ1) is 12.8. The number of halogens is 3. The fourth-order valence-electron chi connectivity index (χ4n) is 2.87. The van der Waals surface area contributed by atoms with Gasteiger partial charge in [0, 0.05) is 23.7 Å². The average molecular weight is 431 g/mol. The summed E-state index contributed by atoms with van der Waals surface area (Å²) in [6.07, 6.45) is 2.41. The summed E-state index contributed by atoms with van der Waals surface area (Å²) in [5.41, 5.74) is 0.328. The van der Waals surface area contributed by atoms with Crippen molar-refractivity contribution in [1.82, 2.24) is 4.31 Å². The highest BCUT2D eigenvalue weighted by molar-refractivity contribution is 7.89. The minimum atomic E-state index is -4.00. The molecular weight excluding hydrogens is 414 g/mol. The smallest absolute Gasteiger partial charge is 0.255 e. The highest BCUT2D eigenvalue weighted by atomic mass is 35.5. The van der Waals surface area contributed by atoms with Gasteiger partial charge in [-0.3, -0.25) is 4.79 Å². The van der Waals surface area contributed by atoms with Crippen molar-refractivity contribution in [2.75, 3.05) is 18.4 Å². The zero-order valence-corrected chi connectivity index (χ0v) is 16.5. The van der Waals surface area contributed by atoms with E-state index in [0.29, 0.717) is 23.8 Å². The van der Waals surface area contributed by atoms with E-state index in [1.165, 1.54) is 22.5 Å². The van der Waals surface area contributed by atoms with Crippen LogP contribution in [-0.4, -0.2) is 31.7 Å². The molecule has 1 amide bonds. The standard InChI is InChI=1S/C18H17Cl2FN2O3S/c19-13-5-7-16(14(20)11-13)22-18(24)12-4-6-15(21)17(10-12)27(25,26)23-8-2-1-3-9-23/h4-7,10-11H,1-3,8-9H2,(H,22,24). The molecule has 27 heavy (non-hydrogen) atoms. The summed E-state index contributed by atoms with van der Waals surface area (Å²) in [4.78, 5) is 12.0. The molecule has 0 aliphatic carbocycles. The van der Waals surface area contributed by atoms with Crippen LogP contribution in [-0.2, 0) is 10.0 Å². The number of nitrogens with one attached hydrogen (secondary N) is 1. The maximum Gasteiger partial charge on any atom is 0.255 e. The summed E-state index contributed by atoms with van der Waals surface area (Å²) >= 11 is 11.9. The lowest BCUT2D eigenvalue weighted by atomic mass is 10.2. The number of carbonyl (C=O) groups excluding carboxylic acids is 1. The first-order valence-electron chi connectivity index (χ1n) is 8.35. The number of benzene rings is 2. The molecule has 0 aromatic heterocycles. The summed E-state index contributed by atoms with van der Waals surface area (Å²) in [7, 11) is -4.00.